The van der Waals surface area contributed by atoms with Gasteiger partial charge in [0, 0.05) is 26.1 Å². The molecule has 5 nitrogen and oxygen atoms in total. The molecule has 22 heavy (non-hydrogen) atoms. The van der Waals surface area contributed by atoms with E-state index in [0.29, 0.717) is 19.1 Å². The number of amides is 1. The van der Waals surface area contributed by atoms with Gasteiger partial charge in [0.15, 0.2) is 11.5 Å². The predicted molar refractivity (Wildman–Crippen MR) is 87.1 cm³/mol. The van der Waals surface area contributed by atoms with Crippen molar-refractivity contribution >= 4 is 18.3 Å². The molecule has 1 aromatic rings. The topological polar surface area (TPSA) is 50.8 Å². The van der Waals surface area contributed by atoms with Gasteiger partial charge in [0.1, 0.15) is 13.2 Å². The van der Waals surface area contributed by atoms with E-state index in [4.69, 9.17) is 9.47 Å². The molecule has 0 saturated heterocycles. The largest absolute Gasteiger partial charge is 0.486 e. The van der Waals surface area contributed by atoms with Gasteiger partial charge in [0.25, 0.3) is 0 Å². The highest BCUT2D eigenvalue weighted by Crippen LogP contribution is 2.50. The van der Waals surface area contributed by atoms with Crippen molar-refractivity contribution in [3.63, 3.8) is 0 Å². The highest BCUT2D eigenvalue weighted by Gasteiger charge is 2.45. The third kappa shape index (κ3) is 3.47. The maximum absolute atomic E-state index is 12.3. The van der Waals surface area contributed by atoms with Crippen LogP contribution in [-0.4, -0.2) is 51.2 Å². The van der Waals surface area contributed by atoms with Crippen LogP contribution in [0.4, 0.5) is 0 Å². The summed E-state index contributed by atoms with van der Waals surface area (Å²) in [5.41, 5.74) is 1.18. The van der Waals surface area contributed by atoms with Crippen LogP contribution in [0.3, 0.4) is 0 Å². The minimum atomic E-state index is 0. The van der Waals surface area contributed by atoms with E-state index in [1.165, 1.54) is 5.56 Å². The fraction of sp³-hybridized carbons (Fsp3) is 0.562. The van der Waals surface area contributed by atoms with Crippen LogP contribution in [0.15, 0.2) is 18.2 Å². The van der Waals surface area contributed by atoms with Crippen LogP contribution in [0, 0.1) is 5.92 Å². The van der Waals surface area contributed by atoms with Gasteiger partial charge in [-0.25, -0.2) is 0 Å². The molecule has 122 valence electrons. The first-order valence-corrected chi connectivity index (χ1v) is 7.50. The van der Waals surface area contributed by atoms with Crippen LogP contribution < -0.4 is 14.8 Å². The van der Waals surface area contributed by atoms with E-state index >= 15 is 0 Å². The van der Waals surface area contributed by atoms with Gasteiger partial charge in [-0.1, -0.05) is 6.07 Å². The molecular weight excluding hydrogens is 304 g/mol. The van der Waals surface area contributed by atoms with E-state index in [1.807, 2.05) is 31.1 Å². The van der Waals surface area contributed by atoms with Gasteiger partial charge in [-0.3, -0.25) is 4.79 Å². The summed E-state index contributed by atoms with van der Waals surface area (Å²) in [5.74, 6) is 2.30. The average molecular weight is 327 g/mol. The van der Waals surface area contributed by atoms with Gasteiger partial charge in [-0.2, -0.15) is 0 Å². The number of likely N-dealkylation sites (N-methyl/N-ethyl adjacent to an activating group) is 2. The standard InChI is InChI=1S/C16H22N2O3.ClH/c1-17-5-6-18(2)16(19)13-10-12(13)11-3-4-14-15(9-11)21-8-7-20-14;/h3-4,9,12-13,17H,5-8,10H2,1-2H3;1H. The lowest BCUT2D eigenvalue weighted by Gasteiger charge is -2.19. The van der Waals surface area contributed by atoms with Crippen LogP contribution in [0.5, 0.6) is 11.5 Å². The number of benzene rings is 1. The van der Waals surface area contributed by atoms with Gasteiger partial charge in [-0.15, -0.1) is 12.4 Å². The SMILES string of the molecule is CNCCN(C)C(=O)C1CC1c1ccc2c(c1)OCCO2.Cl. The third-order valence-corrected chi connectivity index (χ3v) is 4.18. The van der Waals surface area contributed by atoms with Gasteiger partial charge in [0.2, 0.25) is 5.91 Å². The molecule has 6 heteroatoms. The molecule has 1 N–H and O–H groups in total. The lowest BCUT2D eigenvalue weighted by atomic mass is 10.1. The summed E-state index contributed by atoms with van der Waals surface area (Å²) in [7, 11) is 3.77. The number of fused-ring (bicyclic) bond motifs is 1. The first-order chi connectivity index (χ1) is 10.2. The highest BCUT2D eigenvalue weighted by molar-refractivity contribution is 5.85. The van der Waals surface area contributed by atoms with Gasteiger partial charge in [0.05, 0.1) is 0 Å². The van der Waals surface area contributed by atoms with Crippen molar-refractivity contribution in [3.8, 4) is 11.5 Å². The molecule has 1 aliphatic heterocycles. The minimum absolute atomic E-state index is 0. The van der Waals surface area contributed by atoms with Crippen molar-refractivity contribution < 1.29 is 14.3 Å². The molecule has 2 atom stereocenters. The van der Waals surface area contributed by atoms with E-state index < -0.39 is 0 Å². The van der Waals surface area contributed by atoms with E-state index in [-0.39, 0.29) is 24.2 Å². The quantitative estimate of drug-likeness (QED) is 0.894. The van der Waals surface area contributed by atoms with Crippen LogP contribution >= 0.6 is 12.4 Å². The Morgan fingerprint density at radius 1 is 1.32 bits per heavy atom. The number of hydrogen-bond acceptors (Lipinski definition) is 4. The van der Waals surface area contributed by atoms with E-state index in [0.717, 1.165) is 31.0 Å². The summed E-state index contributed by atoms with van der Waals surface area (Å²) >= 11 is 0. The van der Waals surface area contributed by atoms with Gasteiger partial charge < -0.3 is 19.7 Å². The number of nitrogens with zero attached hydrogens (tertiary/aromatic N) is 1. The Morgan fingerprint density at radius 2 is 2.05 bits per heavy atom. The van der Waals surface area contributed by atoms with Crippen molar-refractivity contribution in [3.05, 3.63) is 23.8 Å². The van der Waals surface area contributed by atoms with Crippen LogP contribution in [0.25, 0.3) is 0 Å². The molecule has 1 aromatic carbocycles. The zero-order valence-electron chi connectivity index (χ0n) is 13.0. The maximum Gasteiger partial charge on any atom is 0.226 e. The molecule has 2 unspecified atom stereocenters. The van der Waals surface area contributed by atoms with Crippen molar-refractivity contribution in [1.82, 2.24) is 10.2 Å². The molecular formula is C16H23ClN2O3. The van der Waals surface area contributed by atoms with Crippen LogP contribution in [-0.2, 0) is 4.79 Å². The van der Waals surface area contributed by atoms with Gasteiger partial charge in [-0.05, 0) is 37.1 Å². The van der Waals surface area contributed by atoms with Gasteiger partial charge >= 0.3 is 0 Å². The Hall–Kier alpha value is -1.46. The number of hydrogen-bond donors (Lipinski definition) is 1. The molecule has 0 aromatic heterocycles. The first-order valence-electron chi connectivity index (χ1n) is 7.50. The van der Waals surface area contributed by atoms with Crippen molar-refractivity contribution in [1.29, 1.82) is 0 Å². The lowest BCUT2D eigenvalue weighted by molar-refractivity contribution is -0.131. The maximum atomic E-state index is 12.3. The zero-order chi connectivity index (χ0) is 14.8. The molecule has 1 saturated carbocycles. The second kappa shape index (κ2) is 7.20. The number of rotatable bonds is 5. The number of halogens is 1. The molecule has 1 fully saturated rings. The molecule has 0 bridgehead atoms. The molecule has 1 heterocycles. The molecule has 1 aliphatic carbocycles. The fourth-order valence-electron chi connectivity index (χ4n) is 2.80. The number of ether oxygens (including phenoxy) is 2. The summed E-state index contributed by atoms with van der Waals surface area (Å²) < 4.78 is 11.1. The van der Waals surface area contributed by atoms with E-state index in [1.54, 1.807) is 0 Å². The van der Waals surface area contributed by atoms with Crippen molar-refractivity contribution in [2.24, 2.45) is 5.92 Å². The van der Waals surface area contributed by atoms with Crippen LogP contribution in [0.1, 0.15) is 17.9 Å². The Bertz CT molecular complexity index is 538. The smallest absolute Gasteiger partial charge is 0.226 e. The van der Waals surface area contributed by atoms with Crippen molar-refractivity contribution in [2.75, 3.05) is 40.4 Å². The molecule has 1 amide bonds. The number of carbonyl (C=O) groups excluding carboxylic acids is 1. The minimum Gasteiger partial charge on any atom is -0.486 e. The summed E-state index contributed by atoms with van der Waals surface area (Å²) in [6, 6.07) is 6.04. The summed E-state index contributed by atoms with van der Waals surface area (Å²) in [6.45, 7) is 2.77. The fourth-order valence-corrected chi connectivity index (χ4v) is 2.80. The molecule has 0 radical (unpaired) electrons. The second-order valence-corrected chi connectivity index (χ2v) is 5.72. The number of carbonyl (C=O) groups is 1. The monoisotopic (exact) mass is 326 g/mol. The summed E-state index contributed by atoms with van der Waals surface area (Å²) in [4.78, 5) is 14.1. The predicted octanol–water partition coefficient (Wildman–Crippen LogP) is 1.66. The molecule has 2 aliphatic rings. The molecule has 3 rings (SSSR count). The lowest BCUT2D eigenvalue weighted by Crippen LogP contribution is -2.34. The number of nitrogens with one attached hydrogen (secondary N) is 1. The van der Waals surface area contributed by atoms with E-state index in [9.17, 15) is 4.79 Å². The van der Waals surface area contributed by atoms with Crippen molar-refractivity contribution in [2.45, 2.75) is 12.3 Å². The first kappa shape index (κ1) is 16.9. The van der Waals surface area contributed by atoms with E-state index in [2.05, 4.69) is 11.4 Å². The molecule has 0 spiro atoms. The second-order valence-electron chi connectivity index (χ2n) is 5.72. The Balaban J connectivity index is 0.00000176. The Kier molecular flexibility index (Phi) is 5.53. The third-order valence-electron chi connectivity index (χ3n) is 4.18. The Labute approximate surface area is 137 Å². The summed E-state index contributed by atoms with van der Waals surface area (Å²) in [5, 5.41) is 3.07. The normalized spacial score (nSPS) is 21.7. The average Bonchev–Trinajstić information content (AvgIpc) is 3.32. The highest BCUT2D eigenvalue weighted by atomic mass is 35.5. The zero-order valence-corrected chi connectivity index (χ0v) is 13.8. The van der Waals surface area contributed by atoms with Crippen LogP contribution in [0.2, 0.25) is 0 Å². The summed E-state index contributed by atoms with van der Waals surface area (Å²) in [6.07, 6.45) is 0.933. The Morgan fingerprint density at radius 3 is 2.77 bits per heavy atom.